The molecule has 4 N–H and O–H groups in total. The Labute approximate surface area is 144 Å². The predicted molar refractivity (Wildman–Crippen MR) is 93.1 cm³/mol. The molecule has 0 atom stereocenters. The Morgan fingerprint density at radius 2 is 1.96 bits per heavy atom. The highest BCUT2D eigenvalue weighted by Crippen LogP contribution is 2.34. The average Bonchev–Trinajstić information content (AvgIpc) is 2.60. The quantitative estimate of drug-likeness (QED) is 0.650. The van der Waals surface area contributed by atoms with Crippen molar-refractivity contribution in [3.05, 3.63) is 76.1 Å². The first-order chi connectivity index (χ1) is 12.0. The molecule has 1 amide bonds. The summed E-state index contributed by atoms with van der Waals surface area (Å²) in [6, 6.07) is 11.3. The van der Waals surface area contributed by atoms with Gasteiger partial charge in [-0.25, -0.2) is 4.39 Å². The molecule has 0 saturated carbocycles. The zero-order valence-corrected chi connectivity index (χ0v) is 13.3. The second-order valence-corrected chi connectivity index (χ2v) is 5.67. The molecule has 0 aromatic heterocycles. The molecule has 124 valence electrons. The fraction of sp³-hybridized carbons (Fsp3) is 0.105. The molecule has 0 bridgehead atoms. The van der Waals surface area contributed by atoms with E-state index in [1.54, 1.807) is 12.1 Å². The highest BCUT2D eigenvalue weighted by molar-refractivity contribution is 6.02. The average molecular weight is 334 g/mol. The summed E-state index contributed by atoms with van der Waals surface area (Å²) in [5, 5.41) is 9.33. The van der Waals surface area contributed by atoms with Gasteiger partial charge in [-0.3, -0.25) is 4.79 Å². The molecule has 2 aromatic rings. The summed E-state index contributed by atoms with van der Waals surface area (Å²) in [6.07, 6.45) is 3.52. The number of nitrogens with two attached hydrogens (primary N) is 2. The minimum atomic E-state index is -0.549. The summed E-state index contributed by atoms with van der Waals surface area (Å²) < 4.78 is 13.7. The summed E-state index contributed by atoms with van der Waals surface area (Å²) >= 11 is 0. The van der Waals surface area contributed by atoms with Gasteiger partial charge in [0.25, 0.3) is 5.91 Å². The molecule has 0 spiro atoms. The first-order valence-corrected chi connectivity index (χ1v) is 7.67. The van der Waals surface area contributed by atoms with E-state index in [4.69, 9.17) is 11.5 Å². The van der Waals surface area contributed by atoms with Crippen molar-refractivity contribution in [1.82, 2.24) is 0 Å². The van der Waals surface area contributed by atoms with Crippen LogP contribution < -0.4 is 11.5 Å². The molecular formula is C19H15FN4O. The van der Waals surface area contributed by atoms with E-state index < -0.39 is 11.7 Å². The number of nitrogens with zero attached hydrogens (tertiary/aromatic N) is 2. The van der Waals surface area contributed by atoms with Crippen LogP contribution in [0.15, 0.2) is 47.5 Å². The summed E-state index contributed by atoms with van der Waals surface area (Å²) in [5.74, 6) is -1.28. The third kappa shape index (κ3) is 3.26. The van der Waals surface area contributed by atoms with Gasteiger partial charge in [0.1, 0.15) is 5.82 Å². The predicted octanol–water partition coefficient (Wildman–Crippen LogP) is 2.49. The highest BCUT2D eigenvalue weighted by atomic mass is 19.1. The monoisotopic (exact) mass is 334 g/mol. The van der Waals surface area contributed by atoms with Gasteiger partial charge in [0.05, 0.1) is 11.6 Å². The maximum Gasteiger partial charge on any atom is 0.280 e. The topological polar surface area (TPSA) is 105 Å². The molecule has 25 heavy (non-hydrogen) atoms. The number of carbonyl (C=O) groups excluding carboxylic acids is 1. The Kier molecular flexibility index (Phi) is 4.31. The van der Waals surface area contributed by atoms with Crippen LogP contribution in [0.2, 0.25) is 0 Å². The van der Waals surface area contributed by atoms with E-state index in [0.717, 1.165) is 29.5 Å². The lowest BCUT2D eigenvalue weighted by Crippen LogP contribution is -2.24. The minimum Gasteiger partial charge on any atom is -0.370 e. The first kappa shape index (κ1) is 16.4. The molecular weight excluding hydrogens is 319 g/mol. The van der Waals surface area contributed by atoms with Crippen LogP contribution in [0.5, 0.6) is 0 Å². The number of rotatable bonds is 2. The van der Waals surface area contributed by atoms with Crippen molar-refractivity contribution >= 4 is 17.4 Å². The number of guanidine groups is 1. The zero-order valence-electron chi connectivity index (χ0n) is 13.3. The molecule has 1 aliphatic carbocycles. The lowest BCUT2D eigenvalue weighted by molar-refractivity contribution is 0.100. The number of hydrogen-bond donors (Lipinski definition) is 2. The first-order valence-electron chi connectivity index (χ1n) is 7.67. The number of halogens is 1. The maximum atomic E-state index is 13.7. The van der Waals surface area contributed by atoms with E-state index in [2.05, 4.69) is 11.1 Å². The summed E-state index contributed by atoms with van der Waals surface area (Å²) in [5.41, 5.74) is 14.3. The van der Waals surface area contributed by atoms with Crippen molar-refractivity contribution in [2.24, 2.45) is 16.5 Å². The summed E-state index contributed by atoms with van der Waals surface area (Å²) in [6.45, 7) is 0. The molecule has 3 rings (SSSR count). The smallest absolute Gasteiger partial charge is 0.280 e. The lowest BCUT2D eigenvalue weighted by atomic mass is 9.84. The fourth-order valence-electron chi connectivity index (χ4n) is 2.93. The van der Waals surface area contributed by atoms with E-state index in [1.807, 2.05) is 12.1 Å². The van der Waals surface area contributed by atoms with E-state index in [0.29, 0.717) is 16.7 Å². The van der Waals surface area contributed by atoms with Gasteiger partial charge < -0.3 is 11.5 Å². The Hall–Kier alpha value is -3.46. The van der Waals surface area contributed by atoms with E-state index in [1.165, 1.54) is 18.2 Å². The number of aryl methyl sites for hydroxylation is 1. The molecule has 0 saturated heterocycles. The molecule has 5 nitrogen and oxygen atoms in total. The number of nitriles is 1. The van der Waals surface area contributed by atoms with Crippen molar-refractivity contribution in [2.75, 3.05) is 0 Å². The van der Waals surface area contributed by atoms with Gasteiger partial charge in [0, 0.05) is 11.1 Å². The number of amides is 1. The molecule has 0 unspecified atom stereocenters. The van der Waals surface area contributed by atoms with Crippen molar-refractivity contribution in [1.29, 1.82) is 5.26 Å². The van der Waals surface area contributed by atoms with Gasteiger partial charge in [0.15, 0.2) is 5.96 Å². The molecule has 2 aromatic carbocycles. The van der Waals surface area contributed by atoms with E-state index >= 15 is 0 Å². The number of carbonyl (C=O) groups is 1. The van der Waals surface area contributed by atoms with Gasteiger partial charge in [-0.15, -0.1) is 0 Å². The third-order valence-corrected chi connectivity index (χ3v) is 4.03. The molecule has 0 aliphatic heterocycles. The number of fused-ring (bicyclic) bond motifs is 1. The second kappa shape index (κ2) is 6.57. The van der Waals surface area contributed by atoms with E-state index in [9.17, 15) is 14.4 Å². The Balaban J connectivity index is 2.14. The van der Waals surface area contributed by atoms with Crippen LogP contribution >= 0.6 is 0 Å². The van der Waals surface area contributed by atoms with Crippen LogP contribution in [0.25, 0.3) is 5.57 Å². The van der Waals surface area contributed by atoms with Crippen LogP contribution in [-0.4, -0.2) is 11.9 Å². The largest absolute Gasteiger partial charge is 0.370 e. The van der Waals surface area contributed by atoms with Crippen LogP contribution in [0.1, 0.15) is 39.0 Å². The number of aliphatic imine (C=N–C) groups is 1. The van der Waals surface area contributed by atoms with Gasteiger partial charge in [-0.05, 0) is 59.9 Å². The Morgan fingerprint density at radius 1 is 1.16 bits per heavy atom. The molecule has 0 fully saturated rings. The molecule has 0 radical (unpaired) electrons. The SMILES string of the molecule is N#Cc1ccc(F)cc1C1=CCCc2ccc(C(=O)N=C(N)N)cc21. The summed E-state index contributed by atoms with van der Waals surface area (Å²) in [7, 11) is 0. The van der Waals surface area contributed by atoms with Gasteiger partial charge in [0.2, 0.25) is 0 Å². The minimum absolute atomic E-state index is 0.310. The van der Waals surface area contributed by atoms with Crippen molar-refractivity contribution in [2.45, 2.75) is 12.8 Å². The second-order valence-electron chi connectivity index (χ2n) is 5.67. The summed E-state index contributed by atoms with van der Waals surface area (Å²) in [4.78, 5) is 15.6. The normalized spacial score (nSPS) is 12.6. The Morgan fingerprint density at radius 3 is 2.68 bits per heavy atom. The maximum absolute atomic E-state index is 13.7. The van der Waals surface area contributed by atoms with Crippen LogP contribution in [0.4, 0.5) is 4.39 Å². The molecule has 1 aliphatic rings. The van der Waals surface area contributed by atoms with Crippen LogP contribution in [0, 0.1) is 17.1 Å². The number of benzene rings is 2. The lowest BCUT2D eigenvalue weighted by Gasteiger charge is -2.19. The van der Waals surface area contributed by atoms with Crippen molar-refractivity contribution in [3.8, 4) is 6.07 Å². The standard InChI is InChI=1S/C19H15FN4O/c20-14-7-6-13(10-21)17(9-14)15-3-1-2-11-4-5-12(8-16(11)15)18(25)24-19(22)23/h3-9H,1-2H2,(H4,22,23,24,25). The van der Waals surface area contributed by atoms with E-state index in [-0.39, 0.29) is 5.96 Å². The molecule has 6 heteroatoms. The van der Waals surface area contributed by atoms with Crippen molar-refractivity contribution < 1.29 is 9.18 Å². The highest BCUT2D eigenvalue weighted by Gasteiger charge is 2.19. The van der Waals surface area contributed by atoms with Crippen molar-refractivity contribution in [3.63, 3.8) is 0 Å². The van der Waals surface area contributed by atoms with Gasteiger partial charge in [-0.2, -0.15) is 10.3 Å². The Bertz CT molecular complexity index is 966. The third-order valence-electron chi connectivity index (χ3n) is 4.03. The molecule has 0 heterocycles. The number of hydrogen-bond acceptors (Lipinski definition) is 2. The van der Waals surface area contributed by atoms with Gasteiger partial charge >= 0.3 is 0 Å². The number of allylic oxidation sites excluding steroid dienone is 1. The van der Waals surface area contributed by atoms with Crippen LogP contribution in [-0.2, 0) is 6.42 Å². The zero-order chi connectivity index (χ0) is 18.0. The van der Waals surface area contributed by atoms with Gasteiger partial charge in [-0.1, -0.05) is 12.1 Å². The van der Waals surface area contributed by atoms with Crippen LogP contribution in [0.3, 0.4) is 0 Å². The fourth-order valence-corrected chi connectivity index (χ4v) is 2.93.